The number of rotatable bonds is 16. The van der Waals surface area contributed by atoms with Gasteiger partial charge in [0.25, 0.3) is 0 Å². The zero-order valence-corrected chi connectivity index (χ0v) is 34.8. The Balaban J connectivity index is 1.42. The molecule has 0 aliphatic carbocycles. The Hall–Kier alpha value is -5.78. The highest BCUT2D eigenvalue weighted by molar-refractivity contribution is 5.82. The molecule has 0 unspecified atom stereocenters. The Morgan fingerprint density at radius 1 is 0.787 bits per heavy atom. The van der Waals surface area contributed by atoms with Crippen molar-refractivity contribution in [1.82, 2.24) is 21.3 Å². The number of esters is 4. The molecule has 3 aliphatic heterocycles. The normalized spacial score (nSPS) is 25.4. The molecule has 1 aromatic carbocycles. The van der Waals surface area contributed by atoms with E-state index in [1.54, 1.807) is 20.8 Å². The molecule has 0 spiro atoms. The number of fused-ring (bicyclic) bond motifs is 1. The van der Waals surface area contributed by atoms with Gasteiger partial charge in [-0.15, -0.1) is 0 Å². The number of hydrogen-bond donors (Lipinski definition) is 5. The van der Waals surface area contributed by atoms with E-state index in [0.717, 1.165) is 27.9 Å². The first-order valence-electron chi connectivity index (χ1n) is 19.2. The van der Waals surface area contributed by atoms with Crippen LogP contribution < -0.4 is 31.7 Å². The average Bonchev–Trinajstić information content (AvgIpc) is 3.76. The van der Waals surface area contributed by atoms with Crippen LogP contribution in [0.4, 0.5) is 9.59 Å². The van der Waals surface area contributed by atoms with Gasteiger partial charge >= 0.3 is 36.1 Å². The summed E-state index contributed by atoms with van der Waals surface area (Å²) in [4.78, 5) is 99.4. The van der Waals surface area contributed by atoms with Crippen molar-refractivity contribution in [2.45, 2.75) is 122 Å². The number of nitrogens with one attached hydrogen (secondary N) is 4. The number of methoxy groups -OCH3 is 1. The number of carbonyl (C=O) groups is 8. The zero-order valence-electron chi connectivity index (χ0n) is 34.8. The van der Waals surface area contributed by atoms with Crippen LogP contribution in [0.1, 0.15) is 59.1 Å². The van der Waals surface area contributed by atoms with Gasteiger partial charge in [0, 0.05) is 45.8 Å². The molecule has 3 heterocycles. The minimum Gasteiger partial charge on any atom is -0.467 e. The molecule has 1 aromatic rings. The van der Waals surface area contributed by atoms with Crippen molar-refractivity contribution in [3.8, 4) is 5.75 Å². The van der Waals surface area contributed by atoms with Crippen molar-refractivity contribution >= 4 is 47.9 Å². The number of amides is 4. The van der Waals surface area contributed by atoms with E-state index in [1.807, 2.05) is 0 Å². The molecule has 0 saturated carbocycles. The van der Waals surface area contributed by atoms with E-state index >= 15 is 0 Å². The molecule has 6 N–H and O–H groups in total. The molecule has 3 aliphatic rings. The lowest BCUT2D eigenvalue weighted by atomic mass is 9.97. The third-order valence-corrected chi connectivity index (χ3v) is 8.92. The summed E-state index contributed by atoms with van der Waals surface area (Å²) in [6.45, 7) is 7.71. The van der Waals surface area contributed by atoms with Gasteiger partial charge in [-0.2, -0.15) is 0 Å². The summed E-state index contributed by atoms with van der Waals surface area (Å²) in [7, 11) is 1.04. The van der Waals surface area contributed by atoms with E-state index in [1.165, 1.54) is 18.2 Å². The number of carbonyl (C=O) groups excluding carboxylic acids is 8. The predicted molar refractivity (Wildman–Crippen MR) is 203 cm³/mol. The van der Waals surface area contributed by atoms with E-state index in [-0.39, 0.29) is 50.6 Å². The maximum absolute atomic E-state index is 12.9. The average molecular weight is 868 g/mol. The van der Waals surface area contributed by atoms with Crippen LogP contribution in [0.3, 0.4) is 0 Å². The minimum absolute atomic E-state index is 0.00696. The molecule has 338 valence electrons. The Morgan fingerprint density at radius 3 is 1.98 bits per heavy atom. The Labute approximate surface area is 350 Å². The fraction of sp³-hybridized carbons (Fsp3) is 0.632. The molecule has 23 nitrogen and oxygen atoms in total. The van der Waals surface area contributed by atoms with Gasteiger partial charge in [-0.1, -0.05) is 6.07 Å². The molecule has 23 heteroatoms. The number of ether oxygens (including phenoxy) is 10. The first kappa shape index (κ1) is 47.9. The summed E-state index contributed by atoms with van der Waals surface area (Å²) in [5.74, 6) is -4.65. The SMILES string of the molecule is COC(=O)[C@H]1O[C@@H](Oc2ccc(COC(=O)NCC(=O)N[C@H]3CO[C@H]4[C@@H]3OC[C@@H]4NC(=O)OC(C)(C)C)cc2CNC(=O)CCN)[C@H](OC(C)=O)[C@@H](OC(C)=O)[C@@H]1OC(C)=O. The van der Waals surface area contributed by atoms with Gasteiger partial charge in [-0.05, 0) is 38.5 Å². The summed E-state index contributed by atoms with van der Waals surface area (Å²) in [5.41, 5.74) is 5.48. The van der Waals surface area contributed by atoms with Gasteiger partial charge < -0.3 is 74.4 Å². The van der Waals surface area contributed by atoms with E-state index in [0.29, 0.717) is 5.56 Å². The van der Waals surface area contributed by atoms with E-state index in [2.05, 4.69) is 21.3 Å². The molecule has 0 aromatic heterocycles. The lowest BCUT2D eigenvalue weighted by molar-refractivity contribution is -0.282. The topological polar surface area (TPSA) is 303 Å². The second-order valence-corrected chi connectivity index (χ2v) is 15.0. The lowest BCUT2D eigenvalue weighted by Crippen LogP contribution is -2.64. The van der Waals surface area contributed by atoms with Gasteiger partial charge in [0.05, 0.1) is 32.4 Å². The van der Waals surface area contributed by atoms with Crippen LogP contribution in [-0.4, -0.2) is 142 Å². The minimum atomic E-state index is -1.73. The van der Waals surface area contributed by atoms with Crippen molar-refractivity contribution < 1.29 is 85.7 Å². The number of nitrogens with two attached hydrogens (primary N) is 1. The maximum Gasteiger partial charge on any atom is 0.408 e. The van der Waals surface area contributed by atoms with Crippen molar-refractivity contribution in [3.05, 3.63) is 29.3 Å². The Morgan fingerprint density at radius 2 is 1.39 bits per heavy atom. The molecule has 4 amide bonds. The largest absolute Gasteiger partial charge is 0.467 e. The fourth-order valence-corrected chi connectivity index (χ4v) is 6.50. The fourth-order valence-electron chi connectivity index (χ4n) is 6.50. The van der Waals surface area contributed by atoms with Crippen LogP contribution in [-0.2, 0) is 84.6 Å². The van der Waals surface area contributed by atoms with Gasteiger partial charge in [0.2, 0.25) is 24.2 Å². The smallest absolute Gasteiger partial charge is 0.408 e. The molecular weight excluding hydrogens is 814 g/mol. The number of hydrogen-bond acceptors (Lipinski definition) is 19. The molecule has 9 atom stereocenters. The predicted octanol–water partition coefficient (Wildman–Crippen LogP) is -0.875. The monoisotopic (exact) mass is 867 g/mol. The molecule has 3 saturated heterocycles. The molecule has 61 heavy (non-hydrogen) atoms. The van der Waals surface area contributed by atoms with Crippen LogP contribution >= 0.6 is 0 Å². The van der Waals surface area contributed by atoms with Gasteiger partial charge in [-0.3, -0.25) is 24.0 Å². The van der Waals surface area contributed by atoms with Crippen LogP contribution in [0, 0.1) is 0 Å². The van der Waals surface area contributed by atoms with Crippen molar-refractivity contribution in [2.24, 2.45) is 5.73 Å². The molecule has 0 bridgehead atoms. The lowest BCUT2D eigenvalue weighted by Gasteiger charge is -2.43. The zero-order chi connectivity index (χ0) is 45.0. The van der Waals surface area contributed by atoms with Crippen LogP contribution in [0.25, 0.3) is 0 Å². The quantitative estimate of drug-likeness (QED) is 0.0996. The Bertz CT molecular complexity index is 1790. The molecule has 4 rings (SSSR count). The van der Waals surface area contributed by atoms with Gasteiger partial charge in [-0.25, -0.2) is 14.4 Å². The summed E-state index contributed by atoms with van der Waals surface area (Å²) in [6, 6.07) is 3.35. The second-order valence-electron chi connectivity index (χ2n) is 15.0. The van der Waals surface area contributed by atoms with Crippen molar-refractivity contribution in [1.29, 1.82) is 0 Å². The van der Waals surface area contributed by atoms with E-state index < -0.39 is 115 Å². The highest BCUT2D eigenvalue weighted by Gasteiger charge is 2.56. The van der Waals surface area contributed by atoms with Crippen molar-refractivity contribution in [3.63, 3.8) is 0 Å². The second kappa shape index (κ2) is 21.7. The van der Waals surface area contributed by atoms with E-state index in [9.17, 15) is 38.4 Å². The molecule has 3 fully saturated rings. The third-order valence-electron chi connectivity index (χ3n) is 8.92. The Kier molecular flexibility index (Phi) is 17.0. The van der Waals surface area contributed by atoms with Gasteiger partial charge in [0.15, 0.2) is 18.3 Å². The summed E-state index contributed by atoms with van der Waals surface area (Å²) < 4.78 is 55.1. The molecular formula is C38H53N5O18. The summed E-state index contributed by atoms with van der Waals surface area (Å²) in [5, 5.41) is 10.5. The summed E-state index contributed by atoms with van der Waals surface area (Å²) in [6.07, 6.45) is -10.9. The highest BCUT2D eigenvalue weighted by Crippen LogP contribution is 2.33. The number of alkyl carbamates (subject to hydrolysis) is 2. The van der Waals surface area contributed by atoms with E-state index in [4.69, 9.17) is 53.1 Å². The maximum atomic E-state index is 12.9. The standard InChI is InChI=1S/C38H53N5O18/c1-18(44)56-30-31(57-19(2)45)33(58-20(3)46)35(60-32(30)34(49)52-7)59-25-9-8-21(12-22(25)13-40-26(47)10-11-39)15-55-36(50)41-14-27(48)42-23-16-53-29-24(17-54-28(23)29)43-37(51)61-38(4,5)6/h8-9,12,23-24,28-33,35H,10-11,13-17,39H2,1-7H3,(H,40,47)(H,41,50)(H,42,48)(H,43,51)/t23-,24-,28+,29+,30-,31-,32-,33+,35+/m0/s1. The highest BCUT2D eigenvalue weighted by atomic mass is 16.7. The molecule has 0 radical (unpaired) electrons. The first-order chi connectivity index (χ1) is 28.8. The van der Waals surface area contributed by atoms with Crippen LogP contribution in [0.15, 0.2) is 18.2 Å². The summed E-state index contributed by atoms with van der Waals surface area (Å²) >= 11 is 0. The third kappa shape index (κ3) is 14.2. The first-order valence-corrected chi connectivity index (χ1v) is 19.2. The van der Waals surface area contributed by atoms with Crippen LogP contribution in [0.5, 0.6) is 5.75 Å². The number of benzene rings is 1. The van der Waals surface area contributed by atoms with Gasteiger partial charge in [0.1, 0.15) is 36.7 Å². The van der Waals surface area contributed by atoms with Crippen molar-refractivity contribution in [2.75, 3.05) is 33.4 Å². The van der Waals surface area contributed by atoms with Crippen LogP contribution in [0.2, 0.25) is 0 Å².